The van der Waals surface area contributed by atoms with Gasteiger partial charge in [0, 0.05) is 36.8 Å². The Labute approximate surface area is 258 Å². The molecule has 0 saturated heterocycles. The summed E-state index contributed by atoms with van der Waals surface area (Å²) in [6.45, 7) is 2.66. The molecule has 1 unspecified atom stereocenters. The van der Waals surface area contributed by atoms with Crippen LogP contribution in [0.2, 0.25) is 0 Å². The smallest absolute Gasteiger partial charge is 0.268 e. The number of carbonyl (C=O) groups excluding carboxylic acids is 2. The lowest BCUT2D eigenvalue weighted by atomic mass is 10.0. The van der Waals surface area contributed by atoms with E-state index in [1.807, 2.05) is 24.4 Å². The molecule has 1 atom stereocenters. The van der Waals surface area contributed by atoms with Crippen LogP contribution in [0.15, 0.2) is 98.5 Å². The number of nitrogens with one attached hydrogen (secondary N) is 2. The van der Waals surface area contributed by atoms with Gasteiger partial charge in [0.05, 0.1) is 14.9 Å². The van der Waals surface area contributed by atoms with Crippen molar-refractivity contribution in [1.82, 2.24) is 19.8 Å². The van der Waals surface area contributed by atoms with E-state index in [0.717, 1.165) is 30.2 Å². The average molecular weight is 664 g/mol. The topological polar surface area (TPSA) is 112 Å². The highest BCUT2D eigenvalue weighted by molar-refractivity contribution is 9.10. The number of fused-ring (bicyclic) bond motifs is 1. The first kappa shape index (κ1) is 29.0. The lowest BCUT2D eigenvalue weighted by molar-refractivity contribution is -0.118. The summed E-state index contributed by atoms with van der Waals surface area (Å²) in [5.74, 6) is -0.465. The van der Waals surface area contributed by atoms with Crippen LogP contribution in [0.4, 0.5) is 0 Å². The fourth-order valence-electron chi connectivity index (χ4n) is 5.58. The lowest BCUT2D eigenvalue weighted by Gasteiger charge is -2.33. The Morgan fingerprint density at radius 2 is 1.72 bits per heavy atom. The summed E-state index contributed by atoms with van der Waals surface area (Å²) in [5.41, 5.74) is 2.85. The van der Waals surface area contributed by atoms with Crippen molar-refractivity contribution in [3.8, 4) is 11.3 Å². The predicted molar refractivity (Wildman–Crippen MR) is 167 cm³/mol. The molecule has 1 fully saturated rings. The molecule has 4 aromatic rings. The number of rotatable bonds is 9. The number of nitrogens with zero attached hydrogens (tertiary/aromatic N) is 2. The van der Waals surface area contributed by atoms with Gasteiger partial charge < -0.3 is 19.5 Å². The predicted octanol–water partition coefficient (Wildman–Crippen LogP) is 5.58. The van der Waals surface area contributed by atoms with Crippen LogP contribution in [0.1, 0.15) is 42.1 Å². The highest BCUT2D eigenvalue weighted by Gasteiger charge is 2.41. The van der Waals surface area contributed by atoms with Gasteiger partial charge in [-0.2, -0.15) is 0 Å². The average Bonchev–Trinajstić information content (AvgIpc) is 3.73. The van der Waals surface area contributed by atoms with Crippen LogP contribution in [0.3, 0.4) is 0 Å². The third-order valence-corrected chi connectivity index (χ3v) is 9.95. The maximum atomic E-state index is 13.3. The molecule has 1 aromatic heterocycles. The summed E-state index contributed by atoms with van der Waals surface area (Å²) in [4.78, 5) is 30.5. The molecule has 222 valence electrons. The Bertz CT molecular complexity index is 1850. The van der Waals surface area contributed by atoms with Crippen LogP contribution in [0.25, 0.3) is 22.3 Å². The second-order valence-corrected chi connectivity index (χ2v) is 13.1. The molecule has 1 aliphatic heterocycles. The van der Waals surface area contributed by atoms with Crippen molar-refractivity contribution in [2.75, 3.05) is 7.05 Å². The summed E-state index contributed by atoms with van der Waals surface area (Å²) >= 11 is 3.68. The van der Waals surface area contributed by atoms with Crippen molar-refractivity contribution < 1.29 is 22.4 Å². The summed E-state index contributed by atoms with van der Waals surface area (Å²) in [6.07, 6.45) is 5.23. The molecular weight excluding hydrogens is 632 g/mol. The Kier molecular flexibility index (Phi) is 7.78. The maximum absolute atomic E-state index is 13.3. The van der Waals surface area contributed by atoms with Gasteiger partial charge in [-0.25, -0.2) is 13.1 Å². The Hall–Kier alpha value is -4.09. The Balaban J connectivity index is 1.31. The fraction of sp³-hybridized carbons (Fsp3) is 0.250. The normalized spacial score (nSPS) is 16.8. The first-order valence-corrected chi connectivity index (χ1v) is 16.4. The van der Waals surface area contributed by atoms with E-state index < -0.39 is 15.9 Å². The number of carbonyl (C=O) groups is 2. The van der Waals surface area contributed by atoms with Crippen molar-refractivity contribution in [3.05, 3.63) is 100 Å². The van der Waals surface area contributed by atoms with Crippen LogP contribution < -0.4 is 10.0 Å². The second-order valence-electron chi connectivity index (χ2n) is 10.7. The van der Waals surface area contributed by atoms with Crippen molar-refractivity contribution in [3.63, 3.8) is 0 Å². The molecule has 2 heterocycles. The van der Waals surface area contributed by atoms with E-state index >= 15 is 0 Å². The van der Waals surface area contributed by atoms with E-state index in [9.17, 15) is 18.0 Å². The number of likely N-dealkylation sites (N-methyl/N-ethyl adjacent to an activating group) is 1. The Morgan fingerprint density at radius 3 is 2.42 bits per heavy atom. The molecule has 0 radical (unpaired) electrons. The van der Waals surface area contributed by atoms with Crippen molar-refractivity contribution in [2.24, 2.45) is 0 Å². The van der Waals surface area contributed by atoms with Gasteiger partial charge in [-0.3, -0.25) is 9.59 Å². The minimum absolute atomic E-state index is 0.00346. The summed E-state index contributed by atoms with van der Waals surface area (Å²) in [5, 5.41) is 3.58. The molecule has 1 saturated carbocycles. The first-order valence-electron chi connectivity index (χ1n) is 14.1. The molecule has 1 aliphatic carbocycles. The monoisotopic (exact) mass is 662 g/mol. The van der Waals surface area contributed by atoms with Gasteiger partial charge in [0.2, 0.25) is 0 Å². The highest BCUT2D eigenvalue weighted by atomic mass is 79.9. The highest BCUT2D eigenvalue weighted by Crippen LogP contribution is 2.41. The van der Waals surface area contributed by atoms with Crippen LogP contribution in [-0.4, -0.2) is 49.3 Å². The van der Waals surface area contributed by atoms with Gasteiger partial charge in [0.25, 0.3) is 21.8 Å². The summed E-state index contributed by atoms with van der Waals surface area (Å²) < 4.78 is 34.7. The second kappa shape index (κ2) is 11.5. The van der Waals surface area contributed by atoms with E-state index in [2.05, 4.69) is 42.7 Å². The van der Waals surface area contributed by atoms with E-state index in [-0.39, 0.29) is 22.5 Å². The number of furan rings is 1. The molecule has 3 aromatic carbocycles. The molecule has 11 heteroatoms. The molecule has 9 nitrogen and oxygen atoms in total. The zero-order valence-corrected chi connectivity index (χ0v) is 26.1. The van der Waals surface area contributed by atoms with E-state index in [4.69, 9.17) is 4.42 Å². The maximum Gasteiger partial charge on any atom is 0.268 e. The van der Waals surface area contributed by atoms with E-state index in [0.29, 0.717) is 39.7 Å². The minimum Gasteiger partial charge on any atom is -0.455 e. The molecule has 43 heavy (non-hydrogen) atoms. The van der Waals surface area contributed by atoms with Gasteiger partial charge in [-0.05, 0) is 71.1 Å². The fourth-order valence-corrected chi connectivity index (χ4v) is 7.17. The van der Waals surface area contributed by atoms with Crippen molar-refractivity contribution >= 4 is 48.7 Å². The van der Waals surface area contributed by atoms with Crippen LogP contribution in [0, 0.1) is 0 Å². The summed E-state index contributed by atoms with van der Waals surface area (Å²) in [6, 6.07) is 20.8. The van der Waals surface area contributed by atoms with Crippen LogP contribution >= 0.6 is 15.9 Å². The third-order valence-electron chi connectivity index (χ3n) is 7.82. The molecule has 6 rings (SSSR count). The molecule has 2 aliphatic rings. The number of benzene rings is 3. The minimum atomic E-state index is -4.07. The number of hydrogen-bond acceptors (Lipinski definition) is 7. The number of sulfonamides is 1. The van der Waals surface area contributed by atoms with Gasteiger partial charge in [0.1, 0.15) is 23.2 Å². The molecule has 2 N–H and O–H groups in total. The zero-order chi connectivity index (χ0) is 30.3. The van der Waals surface area contributed by atoms with E-state index in [1.54, 1.807) is 49.5 Å². The van der Waals surface area contributed by atoms with Crippen LogP contribution in [0.5, 0.6) is 0 Å². The Morgan fingerprint density at radius 1 is 1.00 bits per heavy atom. The third kappa shape index (κ3) is 5.54. The van der Waals surface area contributed by atoms with E-state index in [1.165, 1.54) is 12.1 Å². The number of halogens is 1. The van der Waals surface area contributed by atoms with Gasteiger partial charge in [0.15, 0.2) is 0 Å². The lowest BCUT2D eigenvalue weighted by Crippen LogP contribution is -2.41. The standard InChI is InChI=1S/C32H31BrN4O5S/c1-3-28-36(21-14-15-21)19-26(32(39)34-2)37(28)18-20-13-16-27-25(17-20)29(33)30(42-27)23-11-7-8-12-24(23)31(38)35-43(40,41)22-9-5-4-6-10-22/h4-13,16-17,19,21,28H,3,14-15,18H2,1-2H3,(H,34,39)(H,35,38). The van der Waals surface area contributed by atoms with Crippen molar-refractivity contribution in [1.29, 1.82) is 0 Å². The molecule has 0 bridgehead atoms. The van der Waals surface area contributed by atoms with Gasteiger partial charge in [-0.15, -0.1) is 0 Å². The van der Waals surface area contributed by atoms with Gasteiger partial charge >= 0.3 is 0 Å². The first-order chi connectivity index (χ1) is 20.7. The van der Waals surface area contributed by atoms with Gasteiger partial charge in [-0.1, -0.05) is 49.4 Å². The quantitative estimate of drug-likeness (QED) is 0.241. The molecule has 2 amide bonds. The molecular formula is C32H31BrN4O5S. The largest absolute Gasteiger partial charge is 0.455 e. The summed E-state index contributed by atoms with van der Waals surface area (Å²) in [7, 11) is -2.42. The van der Waals surface area contributed by atoms with Crippen LogP contribution in [-0.2, 0) is 21.4 Å². The number of hydrogen-bond donors (Lipinski definition) is 2. The number of amides is 2. The van der Waals surface area contributed by atoms with Crippen molar-refractivity contribution in [2.45, 2.75) is 49.8 Å². The molecule has 0 spiro atoms. The zero-order valence-electron chi connectivity index (χ0n) is 23.7. The SMILES string of the molecule is CCC1N(Cc2ccc3oc(-c4ccccc4C(=O)NS(=O)(=O)c4ccccc4)c(Br)c3c2)C(C(=O)NC)=CN1C1CC1.